The van der Waals surface area contributed by atoms with Gasteiger partial charge in [0, 0.05) is 121 Å². The van der Waals surface area contributed by atoms with Crippen molar-refractivity contribution in [3.05, 3.63) is 232 Å². The van der Waals surface area contributed by atoms with Gasteiger partial charge in [0.05, 0.1) is 71.3 Å². The zero-order valence-electron chi connectivity index (χ0n) is 73.6. The Balaban J connectivity index is 0.000000186. The van der Waals surface area contributed by atoms with Gasteiger partial charge in [-0.15, -0.1) is 0 Å². The first kappa shape index (κ1) is 89.0. The summed E-state index contributed by atoms with van der Waals surface area (Å²) in [6, 6.07) is 7.64. The molecule has 7 aromatic rings. The lowest BCUT2D eigenvalue weighted by molar-refractivity contribution is -0.0919. The first-order chi connectivity index (χ1) is 60.0. The summed E-state index contributed by atoms with van der Waals surface area (Å²) in [5, 5.41) is 46.1. The molecule has 0 amide bonds. The fourth-order valence-electron chi connectivity index (χ4n) is 13.4. The number of halogens is 7. The van der Waals surface area contributed by atoms with Gasteiger partial charge in [0.15, 0.2) is 86.8 Å². The third kappa shape index (κ3) is 23.6. The number of aromatic nitrogens is 14. The highest BCUT2D eigenvalue weighted by atomic mass is 19.2. The number of hydrogen-bond acceptors (Lipinski definition) is 27. The Morgan fingerprint density at radius 2 is 0.545 bits per heavy atom. The van der Waals surface area contributed by atoms with E-state index in [0.717, 1.165) is 94.0 Å². The van der Waals surface area contributed by atoms with Gasteiger partial charge in [-0.25, -0.2) is 64.3 Å². The number of aliphatic hydroxyl groups is 5. The van der Waals surface area contributed by atoms with Crippen LogP contribution in [0.4, 0.5) is 30.7 Å². The monoisotopic (exact) mass is 1770 g/mol. The average Bonchev–Trinajstić information content (AvgIpc) is 1.66. The molecule has 7 saturated heterocycles. The van der Waals surface area contributed by atoms with Gasteiger partial charge < -0.3 is 63.4 Å². The van der Waals surface area contributed by atoms with Crippen LogP contribution in [0.25, 0.3) is 0 Å². The highest BCUT2D eigenvalue weighted by molar-refractivity contribution is 5.00. The molecule has 0 bridgehead atoms. The molecular formula is C75H101F7N14O27. The Labute approximate surface area is 697 Å². The lowest BCUT2D eigenvalue weighted by atomic mass is 10.00. The highest BCUT2D eigenvalue weighted by Gasteiger charge is 2.50. The van der Waals surface area contributed by atoms with E-state index in [4.69, 9.17) is 56.3 Å². The Hall–Kier alpha value is -10.2. The van der Waals surface area contributed by atoms with E-state index in [0.29, 0.717) is 6.42 Å². The molecule has 41 nitrogen and oxygen atoms in total. The molecule has 7 aliphatic heterocycles. The summed E-state index contributed by atoms with van der Waals surface area (Å²) in [6.45, 7) is 14.7. The number of ether oxygens (including phenoxy) is 8. The number of rotatable bonds is 15. The normalized spacial score (nSPS) is 33.4. The number of aliphatic hydroxyl groups excluding tert-OH is 4. The fraction of sp³-hybridized carbons (Fsp3) is 0.627. The van der Waals surface area contributed by atoms with Gasteiger partial charge in [0.25, 0.3) is 38.9 Å². The first-order valence-electron chi connectivity index (χ1n) is 41.2. The largest absolute Gasteiger partial charge is 0.394 e. The second kappa shape index (κ2) is 42.9. The molecule has 7 aromatic heterocycles. The molecule has 0 spiro atoms. The molecule has 0 aromatic carbocycles. The molecule has 48 heteroatoms. The summed E-state index contributed by atoms with van der Waals surface area (Å²) in [5.41, 5.74) is -9.78. The molecule has 0 radical (unpaired) electrons. The molecule has 682 valence electrons. The van der Waals surface area contributed by atoms with Crippen molar-refractivity contribution in [3.63, 3.8) is 0 Å². The van der Waals surface area contributed by atoms with Gasteiger partial charge in [-0.05, 0) is 39.9 Å². The van der Waals surface area contributed by atoms with Crippen molar-refractivity contribution >= 4 is 0 Å². The number of nitrogens with one attached hydrogen (secondary N) is 7. The Morgan fingerprint density at radius 3 is 0.756 bits per heavy atom. The Bertz CT molecular complexity index is 5380. The summed E-state index contributed by atoms with van der Waals surface area (Å²) in [6.07, 6.45) is -23.8. The van der Waals surface area contributed by atoms with E-state index in [1.807, 2.05) is 52.6 Å². The third-order valence-electron chi connectivity index (χ3n) is 20.6. The van der Waals surface area contributed by atoms with Gasteiger partial charge in [-0.3, -0.25) is 100 Å². The van der Waals surface area contributed by atoms with Crippen LogP contribution >= 0.6 is 0 Å². The molecule has 14 heterocycles. The smallest absolute Gasteiger partial charge is 0.330 e. The van der Waals surface area contributed by atoms with E-state index in [2.05, 4.69) is 9.97 Å². The van der Waals surface area contributed by atoms with Crippen LogP contribution in [0.2, 0.25) is 0 Å². The Morgan fingerprint density at radius 1 is 0.333 bits per heavy atom. The van der Waals surface area contributed by atoms with E-state index in [9.17, 15) is 113 Å². The zero-order valence-corrected chi connectivity index (χ0v) is 67.6. The van der Waals surface area contributed by atoms with Crippen LogP contribution in [-0.2, 0) is 37.9 Å². The summed E-state index contributed by atoms with van der Waals surface area (Å²) in [7, 11) is 0. The summed E-state index contributed by atoms with van der Waals surface area (Å²) in [5.74, 6) is -2.81. The van der Waals surface area contributed by atoms with Gasteiger partial charge in [0.1, 0.15) is 18.3 Å². The number of hydrogen-bond donors (Lipinski definition) is 12. The van der Waals surface area contributed by atoms with E-state index >= 15 is 0 Å². The van der Waals surface area contributed by atoms with Gasteiger partial charge in [-0.1, -0.05) is 55.4 Å². The molecule has 14 rings (SSSR count). The molecule has 7 fully saturated rings. The molecule has 12 N–H and O–H groups in total. The topological polar surface area (TPSA) is 559 Å². The van der Waals surface area contributed by atoms with Crippen molar-refractivity contribution in [1.82, 2.24) is 66.9 Å². The van der Waals surface area contributed by atoms with Crippen LogP contribution in [0.15, 0.2) is 153 Å². The van der Waals surface area contributed by atoms with Gasteiger partial charge in [-0.2, -0.15) is 0 Å². The molecule has 0 unspecified atom stereocenters. The number of nitrogens with zero attached hydrogens (tertiary/aromatic N) is 7. The molecule has 28 atom stereocenters. The van der Waals surface area contributed by atoms with E-state index in [1.165, 1.54) is 51.5 Å². The van der Waals surface area contributed by atoms with Crippen LogP contribution in [0.5, 0.6) is 0 Å². The van der Waals surface area contributed by atoms with Crippen LogP contribution in [0, 0.1) is 29.6 Å². The number of aromatic amines is 7. The molecule has 0 aliphatic carbocycles. The number of alkyl halides is 7. The maximum Gasteiger partial charge on any atom is 0.330 e. The predicted octanol–water partition coefficient (Wildman–Crippen LogP) is -0.671. The lowest BCUT2D eigenvalue weighted by Crippen LogP contribution is -2.35. The second-order valence-corrected chi connectivity index (χ2v) is 30.0. The van der Waals surface area contributed by atoms with Crippen molar-refractivity contribution in [2.24, 2.45) is 29.6 Å². The van der Waals surface area contributed by atoms with Crippen LogP contribution < -0.4 is 78.7 Å². The first-order valence-corrected chi connectivity index (χ1v) is 38.2. The minimum atomic E-state index is -2.72. The van der Waals surface area contributed by atoms with Crippen molar-refractivity contribution < 1.29 is 102 Å². The summed E-state index contributed by atoms with van der Waals surface area (Å²) in [4.78, 5) is 171. The third-order valence-corrected chi connectivity index (χ3v) is 20.6. The quantitative estimate of drug-likeness (QED) is 0.0566. The fourth-order valence-corrected chi connectivity index (χ4v) is 13.4. The van der Waals surface area contributed by atoms with Crippen molar-refractivity contribution in [3.8, 4) is 0 Å². The molecule has 7 aliphatic rings. The number of H-pyrrole nitrogens is 7. The summed E-state index contributed by atoms with van der Waals surface area (Å²) < 4.78 is 192. The average molecular weight is 1770 g/mol. The zero-order chi connectivity index (χ0) is 96.6. The maximum atomic E-state index is 14.4. The Kier molecular flexibility index (Phi) is 31.1. The minimum absolute atomic E-state index is 0.200. The second-order valence-electron chi connectivity index (χ2n) is 30.0. The van der Waals surface area contributed by atoms with E-state index in [1.54, 1.807) is 20.8 Å². The van der Waals surface area contributed by atoms with Crippen molar-refractivity contribution in [2.75, 3.05) is 26.4 Å². The van der Waals surface area contributed by atoms with Crippen molar-refractivity contribution in [2.45, 2.75) is 243 Å². The predicted molar refractivity (Wildman–Crippen MR) is 417 cm³/mol. The standard InChI is InChI=1S/C14H21FN2O4.2C11H15FN2O3.3C10H13FN2O4.C9H11FN2O5/c1-8-9(7-20-14(2,3)4)21-12(11(8)15)17-6-5-10(18)16-13(17)19;2*1-3-7-6(2)9(12)10(17-7)14-5-4-8(15)13-11(14)16;2*1-5-6(4-14)17-9(8(5)11)13-3-2-7(15)12-10(13)16;1-2-5-8(15)7(11)9(17-5)13-4-3-6(14)12-10(13)16;10-6-7(15)4(3-13)17-8(6)12-2-1-5(14)11-9(12)16/h5-6,8-9,11-12H,7H2,1-4H3,(H,16,18,19);2*4-7,9-10H,3H2,1-2H3,(H,13,15,16);2*2-3,5-6,8-9,14H,4H2,1H3,(H,12,15,16);3-5,7-9,15H,2H2,1H3,(H,12,14,16);1-2,4,6-8,13,15H,3H2,(H,11,14,16)/t8-,9-,11-,12-;2*6-,7-,9-,10-;2*5-,6-,8-,9-;5-,7-,8-,9-;4-,6-,7-,8-/m1111111/s1/i;3D2;;4D2;;2D2;. The maximum absolute atomic E-state index is 14.4. The SMILES string of the molecule is CC[C@H]1O[C@@H](n2ccc(=O)[nH]c2=O)[C@H](F)[C@@H]1C.C[C@H]1[C@@H](F)[C@H](n2ccc(=O)[nH]c2=O)O[C@@H]1CO.C[C@H]1[C@@H](F)[C@H](n2ccc(=O)[nH]c2=O)O[C@@H]1COC(C)(C)C.O=c1ccn([C@@H]2O[C@H](CO)[C@@H](O)[C@H]2F)c(=O)[nH]1.[2H]C([2H])(C)[C@H]1O[C@@H](n2ccc(=O)[nH]c2=O)[C@H](F)[C@@H]1C.[2H]C([2H])(C)[C@H]1O[C@@H](n2ccc(=O)[nH]c2=O)[C@H](F)[C@@H]1O.[2H]C([2H])(O)[C@H]1O[C@@H](n2ccc(=O)[nH]c2=O)[C@H](F)[C@@H]1C. The summed E-state index contributed by atoms with van der Waals surface area (Å²) >= 11 is 0. The molecule has 123 heavy (non-hydrogen) atoms. The molecule has 0 saturated carbocycles. The molecular weight excluding hydrogens is 1660 g/mol. The van der Waals surface area contributed by atoms with E-state index < -0.39 is 264 Å². The van der Waals surface area contributed by atoms with Gasteiger partial charge >= 0.3 is 39.8 Å². The van der Waals surface area contributed by atoms with Crippen LogP contribution in [0.3, 0.4) is 0 Å². The van der Waals surface area contributed by atoms with E-state index in [-0.39, 0.29) is 30.8 Å². The minimum Gasteiger partial charge on any atom is -0.394 e. The van der Waals surface area contributed by atoms with Gasteiger partial charge in [0.2, 0.25) is 0 Å². The van der Waals surface area contributed by atoms with Crippen molar-refractivity contribution in [1.29, 1.82) is 0 Å². The highest BCUT2D eigenvalue weighted by Crippen LogP contribution is 2.41. The lowest BCUT2D eigenvalue weighted by Gasteiger charge is -2.23. The van der Waals surface area contributed by atoms with Crippen LogP contribution in [0.1, 0.15) is 147 Å². The van der Waals surface area contributed by atoms with Crippen LogP contribution in [-0.4, -0.2) is 223 Å².